The molecule has 138 valence electrons. The number of sulfonamides is 1. The minimum absolute atomic E-state index is 0.141. The zero-order valence-electron chi connectivity index (χ0n) is 14.5. The van der Waals surface area contributed by atoms with Gasteiger partial charge in [-0.2, -0.15) is 4.31 Å². The number of nitrogens with zero attached hydrogens (tertiary/aromatic N) is 2. The number of primary amides is 1. The molecular formula is C16H24N4O4S. The van der Waals surface area contributed by atoms with Crippen molar-refractivity contribution in [1.29, 1.82) is 0 Å². The predicted molar refractivity (Wildman–Crippen MR) is 94.8 cm³/mol. The lowest BCUT2D eigenvalue weighted by Gasteiger charge is -2.21. The Morgan fingerprint density at radius 3 is 2.56 bits per heavy atom. The van der Waals surface area contributed by atoms with Gasteiger partial charge in [0.1, 0.15) is 0 Å². The van der Waals surface area contributed by atoms with Crippen molar-refractivity contribution in [1.82, 2.24) is 9.62 Å². The van der Waals surface area contributed by atoms with Crippen LogP contribution in [-0.4, -0.2) is 50.8 Å². The number of nitrogens with two attached hydrogens (primary N) is 1. The van der Waals surface area contributed by atoms with Gasteiger partial charge in [-0.15, -0.1) is 0 Å². The Morgan fingerprint density at radius 2 is 1.96 bits per heavy atom. The van der Waals surface area contributed by atoms with Crippen molar-refractivity contribution in [3.63, 3.8) is 0 Å². The van der Waals surface area contributed by atoms with Gasteiger partial charge in [0, 0.05) is 38.3 Å². The highest BCUT2D eigenvalue weighted by molar-refractivity contribution is 7.89. The zero-order valence-corrected chi connectivity index (χ0v) is 15.3. The first kappa shape index (κ1) is 19.2. The molecule has 9 heteroatoms. The molecule has 0 radical (unpaired) electrons. The summed E-state index contributed by atoms with van der Waals surface area (Å²) in [5, 5.41) is 2.03. The monoisotopic (exact) mass is 368 g/mol. The smallest absolute Gasteiger partial charge is 0.318 e. The Kier molecular flexibility index (Phi) is 6.02. The molecule has 0 saturated carbocycles. The van der Waals surface area contributed by atoms with Crippen molar-refractivity contribution in [2.45, 2.75) is 31.6 Å². The van der Waals surface area contributed by atoms with Gasteiger partial charge >= 0.3 is 6.03 Å². The Morgan fingerprint density at radius 1 is 1.28 bits per heavy atom. The molecular weight excluding hydrogens is 344 g/mol. The second-order valence-corrected chi connectivity index (χ2v) is 7.72. The van der Waals surface area contributed by atoms with Crippen LogP contribution in [0.5, 0.6) is 0 Å². The van der Waals surface area contributed by atoms with Crippen LogP contribution in [0.25, 0.3) is 0 Å². The Bertz CT molecular complexity index is 759. The average molecular weight is 368 g/mol. The average Bonchev–Trinajstić information content (AvgIpc) is 2.95. The first-order valence-electron chi connectivity index (χ1n) is 8.26. The van der Waals surface area contributed by atoms with E-state index in [1.807, 2.05) is 24.1 Å². The maximum Gasteiger partial charge on any atom is 0.318 e. The van der Waals surface area contributed by atoms with Crippen molar-refractivity contribution in [3.05, 3.63) is 23.8 Å². The van der Waals surface area contributed by atoms with Crippen LogP contribution in [0.1, 0.15) is 25.8 Å². The normalized spacial score (nSPS) is 13.8. The molecule has 0 unspecified atom stereocenters. The molecule has 3 N–H and O–H groups in total. The number of anilines is 1. The van der Waals surface area contributed by atoms with E-state index in [9.17, 15) is 18.0 Å². The molecule has 1 aliphatic rings. The molecule has 0 atom stereocenters. The van der Waals surface area contributed by atoms with E-state index in [1.54, 1.807) is 18.2 Å². The van der Waals surface area contributed by atoms with E-state index in [0.29, 0.717) is 37.5 Å². The van der Waals surface area contributed by atoms with Crippen molar-refractivity contribution < 1.29 is 18.0 Å². The van der Waals surface area contributed by atoms with E-state index in [1.165, 1.54) is 4.31 Å². The Balaban J connectivity index is 2.12. The number of urea groups is 1. The highest BCUT2D eigenvalue weighted by Gasteiger charge is 2.26. The molecule has 1 aromatic carbocycles. The summed E-state index contributed by atoms with van der Waals surface area (Å²) in [4.78, 5) is 24.5. The Labute approximate surface area is 148 Å². The SMILES string of the molecule is CCN(CC)S(=O)(=O)c1ccc2c(c1)CCN2CCC(=O)NC(N)=O. The second-order valence-electron chi connectivity index (χ2n) is 5.78. The van der Waals surface area contributed by atoms with E-state index in [2.05, 4.69) is 0 Å². The number of rotatable bonds is 7. The van der Waals surface area contributed by atoms with Crippen molar-refractivity contribution >= 4 is 27.6 Å². The van der Waals surface area contributed by atoms with Crippen LogP contribution in [0, 0.1) is 0 Å². The molecule has 1 heterocycles. The van der Waals surface area contributed by atoms with Gasteiger partial charge in [0.25, 0.3) is 0 Å². The van der Waals surface area contributed by atoms with E-state index >= 15 is 0 Å². The summed E-state index contributed by atoms with van der Waals surface area (Å²) < 4.78 is 26.6. The number of benzene rings is 1. The third-order valence-electron chi connectivity index (χ3n) is 4.26. The van der Waals surface area contributed by atoms with Gasteiger partial charge in [0.2, 0.25) is 15.9 Å². The molecule has 3 amide bonds. The topological polar surface area (TPSA) is 113 Å². The van der Waals surface area contributed by atoms with Gasteiger partial charge in [-0.25, -0.2) is 13.2 Å². The molecule has 0 bridgehead atoms. The van der Waals surface area contributed by atoms with Crippen LogP contribution in [0.2, 0.25) is 0 Å². The van der Waals surface area contributed by atoms with Crippen LogP contribution in [0.15, 0.2) is 23.1 Å². The predicted octanol–water partition coefficient (Wildman–Crippen LogP) is 0.665. The van der Waals surface area contributed by atoms with Crippen LogP contribution in [0.4, 0.5) is 10.5 Å². The standard InChI is InChI=1S/C16H24N4O4S/c1-3-20(4-2)25(23,24)13-5-6-14-12(11-13)7-9-19(14)10-8-15(21)18-16(17)22/h5-6,11H,3-4,7-10H2,1-2H3,(H3,17,18,21,22). The van der Waals surface area contributed by atoms with Crippen molar-refractivity contribution in [2.24, 2.45) is 5.73 Å². The molecule has 0 fully saturated rings. The van der Waals surface area contributed by atoms with Gasteiger partial charge in [0.15, 0.2) is 0 Å². The van der Waals surface area contributed by atoms with Crippen LogP contribution in [-0.2, 0) is 21.2 Å². The summed E-state index contributed by atoms with van der Waals surface area (Å²) in [6, 6.07) is 4.24. The minimum Gasteiger partial charge on any atom is -0.370 e. The number of hydrogen-bond donors (Lipinski definition) is 2. The minimum atomic E-state index is -3.48. The third-order valence-corrected chi connectivity index (χ3v) is 6.30. The van der Waals surface area contributed by atoms with Crippen LogP contribution in [0.3, 0.4) is 0 Å². The van der Waals surface area contributed by atoms with Crippen molar-refractivity contribution in [3.8, 4) is 0 Å². The van der Waals surface area contributed by atoms with E-state index in [0.717, 1.165) is 11.3 Å². The number of amides is 3. The van der Waals surface area contributed by atoms with Gasteiger partial charge in [0.05, 0.1) is 4.90 Å². The summed E-state index contributed by atoms with van der Waals surface area (Å²) in [5.74, 6) is -0.429. The summed E-state index contributed by atoms with van der Waals surface area (Å²) in [6.07, 6.45) is 0.857. The number of nitrogens with one attached hydrogen (secondary N) is 1. The Hall–Kier alpha value is -2.13. The number of hydrogen-bond acceptors (Lipinski definition) is 5. The largest absolute Gasteiger partial charge is 0.370 e. The van der Waals surface area contributed by atoms with Gasteiger partial charge in [-0.1, -0.05) is 13.8 Å². The molecule has 0 aromatic heterocycles. The highest BCUT2D eigenvalue weighted by atomic mass is 32.2. The van der Waals surface area contributed by atoms with E-state index in [4.69, 9.17) is 5.73 Å². The summed E-state index contributed by atoms with van der Waals surface area (Å²) in [5.41, 5.74) is 6.78. The van der Waals surface area contributed by atoms with Crippen LogP contribution >= 0.6 is 0 Å². The van der Waals surface area contributed by atoms with E-state index < -0.39 is 22.0 Å². The number of carbonyl (C=O) groups excluding carboxylic acids is 2. The maximum absolute atomic E-state index is 12.6. The molecule has 1 aliphatic heterocycles. The summed E-state index contributed by atoms with van der Waals surface area (Å²) in [7, 11) is -3.48. The molecule has 8 nitrogen and oxygen atoms in total. The summed E-state index contributed by atoms with van der Waals surface area (Å²) in [6.45, 7) is 5.62. The molecule has 0 saturated heterocycles. The molecule has 0 spiro atoms. The maximum atomic E-state index is 12.6. The third kappa shape index (κ3) is 4.29. The lowest BCUT2D eigenvalue weighted by Crippen LogP contribution is -2.37. The highest BCUT2D eigenvalue weighted by Crippen LogP contribution is 2.31. The summed E-state index contributed by atoms with van der Waals surface area (Å²) >= 11 is 0. The second kappa shape index (κ2) is 7.83. The lowest BCUT2D eigenvalue weighted by molar-refractivity contribution is -0.119. The first-order chi connectivity index (χ1) is 11.8. The number of carbonyl (C=O) groups is 2. The van der Waals surface area contributed by atoms with Crippen molar-refractivity contribution in [2.75, 3.05) is 31.1 Å². The van der Waals surface area contributed by atoms with Gasteiger partial charge in [-0.3, -0.25) is 10.1 Å². The van der Waals surface area contributed by atoms with Gasteiger partial charge < -0.3 is 10.6 Å². The fraction of sp³-hybridized carbons (Fsp3) is 0.500. The fourth-order valence-electron chi connectivity index (χ4n) is 2.99. The van der Waals surface area contributed by atoms with Gasteiger partial charge in [-0.05, 0) is 30.2 Å². The zero-order chi connectivity index (χ0) is 18.6. The molecule has 1 aromatic rings. The van der Waals surface area contributed by atoms with Crippen LogP contribution < -0.4 is 16.0 Å². The molecule has 2 rings (SSSR count). The number of imide groups is 1. The quantitative estimate of drug-likeness (QED) is 0.734. The fourth-order valence-corrected chi connectivity index (χ4v) is 4.50. The first-order valence-corrected chi connectivity index (χ1v) is 9.70. The molecule has 25 heavy (non-hydrogen) atoms. The van der Waals surface area contributed by atoms with E-state index in [-0.39, 0.29) is 6.42 Å². The number of fused-ring (bicyclic) bond motifs is 1. The molecule has 0 aliphatic carbocycles. The lowest BCUT2D eigenvalue weighted by atomic mass is 10.2.